The molecule has 4 aliphatic rings. The molecule has 0 amide bonds. The summed E-state index contributed by atoms with van der Waals surface area (Å²) in [5.41, 5.74) is 1.91. The van der Waals surface area contributed by atoms with Crippen LogP contribution in [0.25, 0.3) is 0 Å². The van der Waals surface area contributed by atoms with Crippen LogP contribution < -0.4 is 0 Å². The predicted octanol–water partition coefficient (Wildman–Crippen LogP) is 8.98. The molecule has 0 aliphatic heterocycles. The third-order valence-electron chi connectivity index (χ3n) is 13.2. The van der Waals surface area contributed by atoms with E-state index in [-0.39, 0.29) is 5.41 Å². The van der Waals surface area contributed by atoms with Crippen LogP contribution in [-0.4, -0.2) is 36.6 Å². The monoisotopic (exact) mass is 530 g/mol. The molecule has 6 unspecified atom stereocenters. The summed E-state index contributed by atoms with van der Waals surface area (Å²) in [5, 5.41) is 12.2. The van der Waals surface area contributed by atoms with E-state index >= 15 is 0 Å². The Hall–Kier alpha value is -0.380. The van der Waals surface area contributed by atoms with Gasteiger partial charge in [-0.2, -0.15) is 0 Å². The van der Waals surface area contributed by atoms with Crippen molar-refractivity contribution < 1.29 is 14.6 Å². The van der Waals surface area contributed by atoms with E-state index in [0.29, 0.717) is 46.9 Å². The van der Waals surface area contributed by atoms with E-state index in [1.807, 2.05) is 0 Å². The first-order valence-corrected chi connectivity index (χ1v) is 16.2. The number of hydrogen-bond donors (Lipinski definition) is 1. The van der Waals surface area contributed by atoms with Crippen molar-refractivity contribution in [2.24, 2.45) is 45.3 Å². The number of aliphatic hydroxyl groups is 1. The SMILES string of the molecule is COCC(O)(CCCC=C(C)C)C1CCC2(C)[C@@H]1CCC1[C@@]3(C)CCC(OC(C)C)C(C)(C)C3CC[C@]12C. The molecule has 4 saturated carbocycles. The number of hydrogen-bond acceptors (Lipinski definition) is 3. The maximum absolute atomic E-state index is 12.2. The first-order chi connectivity index (χ1) is 17.7. The fourth-order valence-electron chi connectivity index (χ4n) is 11.3. The van der Waals surface area contributed by atoms with E-state index in [0.717, 1.165) is 37.5 Å². The zero-order valence-corrected chi connectivity index (χ0v) is 26.8. The van der Waals surface area contributed by atoms with Crippen LogP contribution in [0.5, 0.6) is 0 Å². The number of rotatable bonds is 9. The van der Waals surface area contributed by atoms with Gasteiger partial charge in [-0.15, -0.1) is 0 Å². The Bertz CT molecular complexity index is 857. The van der Waals surface area contributed by atoms with Crippen molar-refractivity contribution in [2.75, 3.05) is 13.7 Å². The van der Waals surface area contributed by atoms with E-state index < -0.39 is 5.60 Å². The van der Waals surface area contributed by atoms with Gasteiger partial charge in [0.15, 0.2) is 0 Å². The molecule has 220 valence electrons. The average molecular weight is 531 g/mol. The third kappa shape index (κ3) is 4.87. The number of allylic oxidation sites excluding steroid dienone is 2. The summed E-state index contributed by atoms with van der Waals surface area (Å²) in [6.45, 7) is 22.3. The molecule has 3 heteroatoms. The van der Waals surface area contributed by atoms with Crippen LogP contribution in [0.1, 0.15) is 133 Å². The first kappa shape index (κ1) is 30.6. The van der Waals surface area contributed by atoms with Crippen molar-refractivity contribution in [1.82, 2.24) is 0 Å². The molecule has 4 fully saturated rings. The molecule has 0 saturated heterocycles. The summed E-state index contributed by atoms with van der Waals surface area (Å²) in [6.07, 6.45) is 16.1. The van der Waals surface area contributed by atoms with Gasteiger partial charge in [-0.3, -0.25) is 0 Å². The topological polar surface area (TPSA) is 38.7 Å². The Morgan fingerprint density at radius 3 is 2.24 bits per heavy atom. The van der Waals surface area contributed by atoms with Gasteiger partial charge in [-0.1, -0.05) is 46.3 Å². The van der Waals surface area contributed by atoms with E-state index in [9.17, 15) is 5.11 Å². The van der Waals surface area contributed by atoms with Crippen molar-refractivity contribution in [3.05, 3.63) is 11.6 Å². The highest BCUT2D eigenvalue weighted by Gasteiger charge is 2.69. The highest BCUT2D eigenvalue weighted by atomic mass is 16.5. The number of unbranched alkanes of at least 4 members (excludes halogenated alkanes) is 1. The van der Waals surface area contributed by atoms with Crippen LogP contribution in [0.2, 0.25) is 0 Å². The van der Waals surface area contributed by atoms with Crippen molar-refractivity contribution >= 4 is 0 Å². The van der Waals surface area contributed by atoms with E-state index in [1.54, 1.807) is 7.11 Å². The van der Waals surface area contributed by atoms with Crippen LogP contribution in [-0.2, 0) is 9.47 Å². The van der Waals surface area contributed by atoms with Crippen molar-refractivity contribution in [3.8, 4) is 0 Å². The fraction of sp³-hybridized carbons (Fsp3) is 0.943. The molecule has 4 rings (SSSR count). The molecule has 0 radical (unpaired) electrons. The van der Waals surface area contributed by atoms with Crippen LogP contribution in [0, 0.1) is 45.3 Å². The second kappa shape index (κ2) is 10.8. The molecule has 0 bridgehead atoms. The van der Waals surface area contributed by atoms with E-state index in [4.69, 9.17) is 9.47 Å². The Morgan fingerprint density at radius 2 is 1.61 bits per heavy atom. The zero-order valence-electron chi connectivity index (χ0n) is 26.8. The predicted molar refractivity (Wildman–Crippen MR) is 159 cm³/mol. The normalized spacial score (nSPS) is 43.6. The summed E-state index contributed by atoms with van der Waals surface area (Å²) in [6, 6.07) is 0. The second-order valence-electron chi connectivity index (χ2n) is 16.1. The first-order valence-electron chi connectivity index (χ1n) is 16.2. The van der Waals surface area contributed by atoms with Gasteiger partial charge < -0.3 is 14.6 Å². The summed E-state index contributed by atoms with van der Waals surface area (Å²) in [5.74, 6) is 2.44. The minimum atomic E-state index is -0.703. The molecule has 38 heavy (non-hydrogen) atoms. The van der Waals surface area contributed by atoms with E-state index in [2.05, 4.69) is 68.4 Å². The third-order valence-corrected chi connectivity index (χ3v) is 13.2. The van der Waals surface area contributed by atoms with Crippen LogP contribution in [0.4, 0.5) is 0 Å². The number of methoxy groups -OCH3 is 1. The molecule has 0 heterocycles. The van der Waals surface area contributed by atoms with Gasteiger partial charge in [0.25, 0.3) is 0 Å². The molecule has 0 spiro atoms. The van der Waals surface area contributed by atoms with Crippen LogP contribution in [0.3, 0.4) is 0 Å². The molecule has 1 N–H and O–H groups in total. The maximum atomic E-state index is 12.2. The smallest absolute Gasteiger partial charge is 0.0910 e. The summed E-state index contributed by atoms with van der Waals surface area (Å²) < 4.78 is 12.2. The van der Waals surface area contributed by atoms with Crippen molar-refractivity contribution in [2.45, 2.75) is 151 Å². The van der Waals surface area contributed by atoms with Gasteiger partial charge in [-0.05, 0) is 144 Å². The minimum Gasteiger partial charge on any atom is -0.387 e. The second-order valence-corrected chi connectivity index (χ2v) is 16.1. The van der Waals surface area contributed by atoms with Gasteiger partial charge in [0.1, 0.15) is 0 Å². The van der Waals surface area contributed by atoms with Crippen LogP contribution in [0.15, 0.2) is 11.6 Å². The Morgan fingerprint density at radius 1 is 0.921 bits per heavy atom. The minimum absolute atomic E-state index is 0.221. The Balaban J connectivity index is 1.58. The highest BCUT2D eigenvalue weighted by molar-refractivity contribution is 5.18. The highest BCUT2D eigenvalue weighted by Crippen LogP contribution is 2.76. The maximum Gasteiger partial charge on any atom is 0.0910 e. The lowest BCUT2D eigenvalue weighted by atomic mass is 9.35. The lowest BCUT2D eigenvalue weighted by Crippen LogP contribution is -2.64. The summed E-state index contributed by atoms with van der Waals surface area (Å²) in [7, 11) is 1.77. The summed E-state index contributed by atoms with van der Waals surface area (Å²) >= 11 is 0. The standard InChI is InChI=1S/C35H62O3/c1-24(2)13-11-12-19-35(36,23-37-10)27-16-21-33(8)26(27)14-15-29-32(7)20-18-30(38-25(3)4)31(5,6)28(32)17-22-34(29,33)9/h13,25-30,36H,11-12,14-23H2,1-10H3/t26-,27?,28?,29?,30?,32+,33?,34-,35?/m1/s1. The van der Waals surface area contributed by atoms with Gasteiger partial charge >= 0.3 is 0 Å². The Labute approximate surface area is 235 Å². The molecular weight excluding hydrogens is 468 g/mol. The lowest BCUT2D eigenvalue weighted by Gasteiger charge is -2.70. The van der Waals surface area contributed by atoms with Gasteiger partial charge in [0, 0.05) is 7.11 Å². The van der Waals surface area contributed by atoms with Gasteiger partial charge in [-0.25, -0.2) is 0 Å². The number of ether oxygens (including phenoxy) is 2. The van der Waals surface area contributed by atoms with Gasteiger partial charge in [0.05, 0.1) is 24.4 Å². The summed E-state index contributed by atoms with van der Waals surface area (Å²) in [4.78, 5) is 0. The van der Waals surface area contributed by atoms with Crippen molar-refractivity contribution in [3.63, 3.8) is 0 Å². The quantitative estimate of drug-likeness (QED) is 0.239. The molecule has 9 atom stereocenters. The molecular formula is C35H62O3. The molecule has 3 nitrogen and oxygen atoms in total. The van der Waals surface area contributed by atoms with Crippen molar-refractivity contribution in [1.29, 1.82) is 0 Å². The fourth-order valence-corrected chi connectivity index (χ4v) is 11.3. The lowest BCUT2D eigenvalue weighted by molar-refractivity contribution is -0.235. The average Bonchev–Trinajstić information content (AvgIpc) is 3.18. The van der Waals surface area contributed by atoms with E-state index in [1.165, 1.54) is 50.5 Å². The Kier molecular flexibility index (Phi) is 8.68. The molecule has 0 aromatic heterocycles. The largest absolute Gasteiger partial charge is 0.387 e. The zero-order chi connectivity index (χ0) is 28.1. The number of fused-ring (bicyclic) bond motifs is 5. The molecule has 4 aliphatic carbocycles. The van der Waals surface area contributed by atoms with Gasteiger partial charge in [0.2, 0.25) is 0 Å². The molecule has 0 aromatic rings. The molecule has 0 aromatic carbocycles. The van der Waals surface area contributed by atoms with Crippen LogP contribution >= 0.6 is 0 Å².